The largest absolute Gasteiger partial charge is 0.411 e. The van der Waals surface area contributed by atoms with E-state index in [0.29, 0.717) is 11.3 Å². The third-order valence-electron chi connectivity index (χ3n) is 1.26. The third kappa shape index (κ3) is 5.60. The Kier molecular flexibility index (Phi) is 3.40. The van der Waals surface area contributed by atoms with Gasteiger partial charge in [-0.25, -0.2) is 0 Å². The molecule has 0 aliphatic rings. The first-order valence-corrected chi connectivity index (χ1v) is 3.63. The van der Waals surface area contributed by atoms with Gasteiger partial charge in [0, 0.05) is 6.21 Å². The van der Waals surface area contributed by atoms with Gasteiger partial charge in [0.25, 0.3) is 0 Å². The lowest BCUT2D eigenvalue weighted by Gasteiger charge is -2.20. The van der Waals surface area contributed by atoms with Crippen molar-refractivity contribution in [1.82, 2.24) is 0 Å². The molecule has 0 saturated heterocycles. The molecule has 1 atom stereocenters. The van der Waals surface area contributed by atoms with Crippen molar-refractivity contribution in [2.45, 2.75) is 34.1 Å². The first-order valence-electron chi connectivity index (χ1n) is 3.63. The summed E-state index contributed by atoms with van der Waals surface area (Å²) < 4.78 is 0. The maximum atomic E-state index is 8.20. The second-order valence-electron chi connectivity index (χ2n) is 4.01. The van der Waals surface area contributed by atoms with Crippen LogP contribution in [-0.2, 0) is 0 Å². The summed E-state index contributed by atoms with van der Waals surface area (Å²) in [6.07, 6.45) is 2.63. The molecule has 0 rings (SSSR count). The maximum Gasteiger partial charge on any atom is 0.0464 e. The number of oxime groups is 1. The highest BCUT2D eigenvalue weighted by Crippen LogP contribution is 2.22. The van der Waals surface area contributed by atoms with Crippen molar-refractivity contribution in [3.05, 3.63) is 0 Å². The SMILES string of the molecule is C[C@H](/C=N/O)CC(C)(C)C. The van der Waals surface area contributed by atoms with Gasteiger partial charge in [-0.15, -0.1) is 5.16 Å². The van der Waals surface area contributed by atoms with E-state index in [9.17, 15) is 0 Å². The first kappa shape index (κ1) is 9.47. The molecule has 0 aromatic carbocycles. The predicted octanol–water partition coefficient (Wildman–Crippen LogP) is 2.52. The van der Waals surface area contributed by atoms with Gasteiger partial charge in [0.15, 0.2) is 0 Å². The van der Waals surface area contributed by atoms with Crippen LogP contribution >= 0.6 is 0 Å². The summed E-state index contributed by atoms with van der Waals surface area (Å²) in [5.41, 5.74) is 0.320. The van der Waals surface area contributed by atoms with Crippen LogP contribution in [0.2, 0.25) is 0 Å². The van der Waals surface area contributed by atoms with E-state index in [1.807, 2.05) is 6.92 Å². The lowest BCUT2D eigenvalue weighted by atomic mass is 9.86. The molecule has 0 heterocycles. The molecule has 0 radical (unpaired) electrons. The summed E-state index contributed by atoms with van der Waals surface area (Å²) in [6, 6.07) is 0. The van der Waals surface area contributed by atoms with Crippen LogP contribution < -0.4 is 0 Å². The molecule has 0 aromatic heterocycles. The van der Waals surface area contributed by atoms with E-state index in [1.54, 1.807) is 6.21 Å². The highest BCUT2D eigenvalue weighted by atomic mass is 16.4. The minimum absolute atomic E-state index is 0.320. The Labute approximate surface area is 62.9 Å². The molecule has 1 N–H and O–H groups in total. The van der Waals surface area contributed by atoms with Crippen molar-refractivity contribution in [3.8, 4) is 0 Å². The lowest BCUT2D eigenvalue weighted by molar-refractivity contribution is 0.309. The van der Waals surface area contributed by atoms with Crippen molar-refractivity contribution < 1.29 is 5.21 Å². The highest BCUT2D eigenvalue weighted by molar-refractivity contribution is 5.59. The Morgan fingerprint density at radius 1 is 1.50 bits per heavy atom. The molecule has 0 aromatic rings. The highest BCUT2D eigenvalue weighted by Gasteiger charge is 2.13. The van der Waals surface area contributed by atoms with Gasteiger partial charge >= 0.3 is 0 Å². The van der Waals surface area contributed by atoms with Crippen LogP contribution in [0.4, 0.5) is 0 Å². The Balaban J connectivity index is 3.68. The molecule has 0 aliphatic carbocycles. The van der Waals surface area contributed by atoms with Crippen LogP contribution in [0.25, 0.3) is 0 Å². The zero-order valence-corrected chi connectivity index (χ0v) is 7.26. The zero-order valence-electron chi connectivity index (χ0n) is 7.26. The van der Waals surface area contributed by atoms with Crippen molar-refractivity contribution in [3.63, 3.8) is 0 Å². The van der Waals surface area contributed by atoms with E-state index in [-0.39, 0.29) is 0 Å². The summed E-state index contributed by atoms with van der Waals surface area (Å²) in [5, 5.41) is 11.2. The Bertz CT molecular complexity index is 113. The van der Waals surface area contributed by atoms with E-state index in [0.717, 1.165) is 6.42 Å². The minimum atomic E-state index is 0.320. The number of hydrogen-bond donors (Lipinski definition) is 1. The monoisotopic (exact) mass is 143 g/mol. The number of rotatable bonds is 2. The molecular weight excluding hydrogens is 126 g/mol. The molecule has 0 saturated carbocycles. The van der Waals surface area contributed by atoms with Crippen molar-refractivity contribution in [2.75, 3.05) is 0 Å². The molecule has 60 valence electrons. The normalized spacial score (nSPS) is 16.0. The van der Waals surface area contributed by atoms with Gasteiger partial charge in [0.2, 0.25) is 0 Å². The van der Waals surface area contributed by atoms with E-state index in [1.165, 1.54) is 0 Å². The fraction of sp³-hybridized carbons (Fsp3) is 0.875. The molecule has 2 nitrogen and oxygen atoms in total. The van der Waals surface area contributed by atoms with Gasteiger partial charge in [-0.2, -0.15) is 0 Å². The van der Waals surface area contributed by atoms with Crippen LogP contribution in [0, 0.1) is 11.3 Å². The van der Waals surface area contributed by atoms with Gasteiger partial charge in [-0.05, 0) is 17.8 Å². The number of hydrogen-bond acceptors (Lipinski definition) is 2. The quantitative estimate of drug-likeness (QED) is 0.359. The minimum Gasteiger partial charge on any atom is -0.411 e. The average molecular weight is 143 g/mol. The maximum absolute atomic E-state index is 8.20. The van der Waals surface area contributed by atoms with E-state index in [2.05, 4.69) is 25.9 Å². The van der Waals surface area contributed by atoms with E-state index >= 15 is 0 Å². The van der Waals surface area contributed by atoms with Crippen LogP contribution in [0.3, 0.4) is 0 Å². The molecule has 2 heteroatoms. The molecule has 10 heavy (non-hydrogen) atoms. The topological polar surface area (TPSA) is 32.6 Å². The van der Waals surface area contributed by atoms with Gasteiger partial charge in [-0.3, -0.25) is 0 Å². The first-order chi connectivity index (χ1) is 4.45. The van der Waals surface area contributed by atoms with Gasteiger partial charge < -0.3 is 5.21 Å². The van der Waals surface area contributed by atoms with Crippen LogP contribution in [0.5, 0.6) is 0 Å². The van der Waals surface area contributed by atoms with Crippen molar-refractivity contribution in [1.29, 1.82) is 0 Å². The van der Waals surface area contributed by atoms with Crippen LogP contribution in [-0.4, -0.2) is 11.4 Å². The fourth-order valence-corrected chi connectivity index (χ4v) is 1.13. The molecule has 0 fully saturated rings. The second kappa shape index (κ2) is 3.59. The summed E-state index contributed by atoms with van der Waals surface area (Å²) in [7, 11) is 0. The standard InChI is InChI=1S/C8H17NO/c1-7(6-9-10)5-8(2,3)4/h6-7,10H,5H2,1-4H3/b9-6+/t7-/m0/s1. The summed E-state index contributed by atoms with van der Waals surface area (Å²) in [4.78, 5) is 0. The number of nitrogens with zero attached hydrogens (tertiary/aromatic N) is 1. The van der Waals surface area contributed by atoms with Gasteiger partial charge in [-0.1, -0.05) is 27.7 Å². The molecule has 0 unspecified atom stereocenters. The Morgan fingerprint density at radius 2 is 2.00 bits per heavy atom. The van der Waals surface area contributed by atoms with Crippen molar-refractivity contribution in [2.24, 2.45) is 16.5 Å². The lowest BCUT2D eigenvalue weighted by Crippen LogP contribution is -2.11. The van der Waals surface area contributed by atoms with Gasteiger partial charge in [0.05, 0.1) is 0 Å². The third-order valence-corrected chi connectivity index (χ3v) is 1.26. The zero-order chi connectivity index (χ0) is 8.20. The van der Waals surface area contributed by atoms with Gasteiger partial charge in [0.1, 0.15) is 0 Å². The molecule has 0 bridgehead atoms. The van der Waals surface area contributed by atoms with Crippen LogP contribution in [0.1, 0.15) is 34.1 Å². The van der Waals surface area contributed by atoms with E-state index < -0.39 is 0 Å². The summed E-state index contributed by atoms with van der Waals surface area (Å²) in [5.74, 6) is 0.366. The average Bonchev–Trinajstić information content (AvgIpc) is 1.59. The molecule has 0 aliphatic heterocycles. The fourth-order valence-electron chi connectivity index (χ4n) is 1.13. The van der Waals surface area contributed by atoms with Crippen LogP contribution in [0.15, 0.2) is 5.16 Å². The van der Waals surface area contributed by atoms with Crippen molar-refractivity contribution >= 4 is 6.21 Å². The van der Waals surface area contributed by atoms with E-state index in [4.69, 9.17) is 5.21 Å². The Morgan fingerprint density at radius 3 is 2.30 bits per heavy atom. The second-order valence-corrected chi connectivity index (χ2v) is 4.01. The molecule has 0 amide bonds. The Hall–Kier alpha value is -0.530. The smallest absolute Gasteiger partial charge is 0.0464 e. The summed E-state index contributed by atoms with van der Waals surface area (Å²) >= 11 is 0. The summed E-state index contributed by atoms with van der Waals surface area (Å²) in [6.45, 7) is 8.57. The molecule has 0 spiro atoms. The predicted molar refractivity (Wildman–Crippen MR) is 43.5 cm³/mol. The molecular formula is C8H17NO.